The minimum Gasteiger partial charge on any atom is -0.398 e. The molecule has 0 unspecified atom stereocenters. The van der Waals surface area contributed by atoms with Crippen LogP contribution in [0.4, 0.5) is 5.69 Å². The molecule has 0 amide bonds. The van der Waals surface area contributed by atoms with Crippen molar-refractivity contribution in [2.24, 2.45) is 0 Å². The molecule has 0 aliphatic heterocycles. The van der Waals surface area contributed by atoms with Crippen LogP contribution in [0.2, 0.25) is 0 Å². The van der Waals surface area contributed by atoms with E-state index in [-0.39, 0.29) is 0 Å². The lowest BCUT2D eigenvalue weighted by Gasteiger charge is -2.12. The Morgan fingerprint density at radius 2 is 1.61 bits per heavy atom. The van der Waals surface area contributed by atoms with Crippen LogP contribution in [0.1, 0.15) is 11.3 Å². The van der Waals surface area contributed by atoms with Gasteiger partial charge in [-0.1, -0.05) is 36.4 Å². The zero-order chi connectivity index (χ0) is 16.0. The molecular weight excluding hydrogens is 282 g/mol. The molecule has 0 aliphatic carbocycles. The molecule has 0 fully saturated rings. The summed E-state index contributed by atoms with van der Waals surface area (Å²) >= 11 is 0. The number of anilines is 1. The first kappa shape index (κ1) is 13.7. The number of nitrogens with zero attached hydrogens (tertiary/aromatic N) is 2. The van der Waals surface area contributed by atoms with Crippen molar-refractivity contribution >= 4 is 27.5 Å². The fourth-order valence-corrected chi connectivity index (χ4v) is 3.20. The number of pyridine rings is 2. The molecule has 0 saturated heterocycles. The molecular formula is C20H17N3. The summed E-state index contributed by atoms with van der Waals surface area (Å²) < 4.78 is 0. The van der Waals surface area contributed by atoms with E-state index in [4.69, 9.17) is 15.7 Å². The van der Waals surface area contributed by atoms with Crippen molar-refractivity contribution < 1.29 is 0 Å². The van der Waals surface area contributed by atoms with Crippen LogP contribution >= 0.6 is 0 Å². The van der Waals surface area contributed by atoms with Crippen LogP contribution < -0.4 is 5.73 Å². The zero-order valence-corrected chi connectivity index (χ0v) is 13.2. The Morgan fingerprint density at radius 1 is 0.870 bits per heavy atom. The second-order valence-electron chi connectivity index (χ2n) is 5.85. The summed E-state index contributed by atoms with van der Waals surface area (Å²) in [7, 11) is 0. The predicted molar refractivity (Wildman–Crippen MR) is 96.4 cm³/mol. The molecule has 0 radical (unpaired) electrons. The number of aryl methyl sites for hydroxylation is 2. The minimum absolute atomic E-state index is 0.744. The summed E-state index contributed by atoms with van der Waals surface area (Å²) in [5, 5.41) is 2.20. The second-order valence-corrected chi connectivity index (χ2v) is 5.85. The quantitative estimate of drug-likeness (QED) is 0.411. The van der Waals surface area contributed by atoms with E-state index in [0.717, 1.165) is 44.4 Å². The lowest BCUT2D eigenvalue weighted by molar-refractivity contribution is 1.26. The summed E-state index contributed by atoms with van der Waals surface area (Å²) in [5.41, 5.74) is 12.9. The van der Waals surface area contributed by atoms with Crippen molar-refractivity contribution in [2.75, 3.05) is 5.73 Å². The van der Waals surface area contributed by atoms with Gasteiger partial charge in [-0.05, 0) is 37.6 Å². The second kappa shape index (κ2) is 5.06. The van der Waals surface area contributed by atoms with E-state index in [1.165, 1.54) is 5.56 Å². The van der Waals surface area contributed by atoms with Crippen molar-refractivity contribution in [3.8, 4) is 11.3 Å². The number of fused-ring (bicyclic) bond motifs is 3. The van der Waals surface area contributed by atoms with Crippen molar-refractivity contribution in [3.05, 3.63) is 65.9 Å². The Kier molecular flexibility index (Phi) is 3.01. The van der Waals surface area contributed by atoms with Crippen molar-refractivity contribution in [2.45, 2.75) is 13.8 Å². The number of nitrogen functional groups attached to an aromatic ring is 1. The largest absolute Gasteiger partial charge is 0.398 e. The highest BCUT2D eigenvalue weighted by Gasteiger charge is 2.12. The van der Waals surface area contributed by atoms with Crippen LogP contribution in [-0.2, 0) is 0 Å². The number of nitrogens with two attached hydrogens (primary N) is 1. The first-order valence-electron chi connectivity index (χ1n) is 7.67. The van der Waals surface area contributed by atoms with Crippen molar-refractivity contribution in [1.29, 1.82) is 0 Å². The maximum absolute atomic E-state index is 6.14. The van der Waals surface area contributed by atoms with E-state index in [0.29, 0.717) is 0 Å². The molecule has 2 aromatic heterocycles. The Bertz CT molecular complexity index is 1050. The van der Waals surface area contributed by atoms with Crippen LogP contribution in [0.5, 0.6) is 0 Å². The number of aromatic nitrogens is 2. The first-order chi connectivity index (χ1) is 11.1. The average Bonchev–Trinajstić information content (AvgIpc) is 2.55. The number of hydrogen-bond acceptors (Lipinski definition) is 3. The third-order valence-corrected chi connectivity index (χ3v) is 4.26. The Balaban J connectivity index is 2.14. The molecule has 23 heavy (non-hydrogen) atoms. The Labute approximate surface area is 134 Å². The summed E-state index contributed by atoms with van der Waals surface area (Å²) in [5.74, 6) is 0. The molecule has 0 aliphatic rings. The molecule has 2 heterocycles. The Morgan fingerprint density at radius 3 is 2.43 bits per heavy atom. The van der Waals surface area contributed by atoms with Crippen molar-refractivity contribution in [3.63, 3.8) is 0 Å². The topological polar surface area (TPSA) is 51.8 Å². The highest BCUT2D eigenvalue weighted by Crippen LogP contribution is 2.32. The van der Waals surface area contributed by atoms with E-state index >= 15 is 0 Å². The van der Waals surface area contributed by atoms with Gasteiger partial charge in [-0.15, -0.1) is 0 Å². The molecule has 4 aromatic rings. The number of benzene rings is 2. The third kappa shape index (κ3) is 2.13. The number of para-hydroxylation sites is 2. The lowest BCUT2D eigenvalue weighted by Crippen LogP contribution is -1.97. The molecule has 4 rings (SSSR count). The molecule has 0 saturated carbocycles. The number of rotatable bonds is 1. The zero-order valence-electron chi connectivity index (χ0n) is 13.2. The monoisotopic (exact) mass is 299 g/mol. The summed E-state index contributed by atoms with van der Waals surface area (Å²) in [6.45, 7) is 4.15. The third-order valence-electron chi connectivity index (χ3n) is 4.26. The van der Waals surface area contributed by atoms with Gasteiger partial charge in [0, 0.05) is 27.7 Å². The van der Waals surface area contributed by atoms with E-state index in [1.54, 1.807) is 0 Å². The first-order valence-corrected chi connectivity index (χ1v) is 7.67. The molecule has 2 aromatic carbocycles. The molecule has 112 valence electrons. The van der Waals surface area contributed by atoms with Crippen LogP contribution in [0, 0.1) is 13.8 Å². The molecule has 2 N–H and O–H groups in total. The van der Waals surface area contributed by atoms with E-state index < -0.39 is 0 Å². The number of hydrogen-bond donors (Lipinski definition) is 1. The predicted octanol–water partition coefficient (Wildman–Crippen LogP) is 4.65. The van der Waals surface area contributed by atoms with E-state index in [9.17, 15) is 0 Å². The van der Waals surface area contributed by atoms with Gasteiger partial charge in [-0.2, -0.15) is 0 Å². The van der Waals surface area contributed by atoms with E-state index in [2.05, 4.69) is 19.1 Å². The minimum atomic E-state index is 0.744. The van der Waals surface area contributed by atoms with Gasteiger partial charge in [0.1, 0.15) is 0 Å². The molecule has 3 heteroatoms. The highest BCUT2D eigenvalue weighted by atomic mass is 14.8. The lowest BCUT2D eigenvalue weighted by atomic mass is 10.0. The highest BCUT2D eigenvalue weighted by molar-refractivity contribution is 6.06. The van der Waals surface area contributed by atoms with Crippen LogP contribution in [-0.4, -0.2) is 9.97 Å². The fourth-order valence-electron chi connectivity index (χ4n) is 3.20. The smallest absolute Gasteiger partial charge is 0.0824 e. The summed E-state index contributed by atoms with van der Waals surface area (Å²) in [6.07, 6.45) is 0. The van der Waals surface area contributed by atoms with Crippen LogP contribution in [0.3, 0.4) is 0 Å². The Hall–Kier alpha value is -2.94. The maximum Gasteiger partial charge on any atom is 0.0824 e. The van der Waals surface area contributed by atoms with Gasteiger partial charge in [-0.25, -0.2) is 4.98 Å². The SMILES string of the molecule is Cc1cc(-c2ccccc2N)nc2c1c(C)nc1ccccc12. The molecule has 0 spiro atoms. The van der Waals surface area contributed by atoms with Gasteiger partial charge < -0.3 is 5.73 Å². The standard InChI is InChI=1S/C20H17N3/c1-12-11-18(14-7-3-5-9-16(14)21)23-20-15-8-4-6-10-17(15)22-13(2)19(12)20/h3-11H,21H2,1-2H3. The average molecular weight is 299 g/mol. The molecule has 0 bridgehead atoms. The maximum atomic E-state index is 6.14. The van der Waals surface area contributed by atoms with Gasteiger partial charge in [0.15, 0.2) is 0 Å². The van der Waals surface area contributed by atoms with Crippen LogP contribution in [0.15, 0.2) is 54.6 Å². The summed E-state index contributed by atoms with van der Waals surface area (Å²) in [4.78, 5) is 9.66. The van der Waals surface area contributed by atoms with Crippen LogP contribution in [0.25, 0.3) is 33.1 Å². The van der Waals surface area contributed by atoms with Gasteiger partial charge in [0.2, 0.25) is 0 Å². The molecule has 0 atom stereocenters. The van der Waals surface area contributed by atoms with E-state index in [1.807, 2.05) is 49.4 Å². The van der Waals surface area contributed by atoms with Crippen molar-refractivity contribution in [1.82, 2.24) is 9.97 Å². The van der Waals surface area contributed by atoms with Gasteiger partial charge in [0.25, 0.3) is 0 Å². The fraction of sp³-hybridized carbons (Fsp3) is 0.100. The van der Waals surface area contributed by atoms with Gasteiger partial charge in [0.05, 0.1) is 16.7 Å². The van der Waals surface area contributed by atoms with Gasteiger partial charge in [-0.3, -0.25) is 4.98 Å². The normalized spacial score (nSPS) is 11.2. The van der Waals surface area contributed by atoms with Gasteiger partial charge >= 0.3 is 0 Å². The molecule has 3 nitrogen and oxygen atoms in total. The summed E-state index contributed by atoms with van der Waals surface area (Å²) in [6, 6.07) is 18.1.